The van der Waals surface area contributed by atoms with Crippen molar-refractivity contribution in [3.05, 3.63) is 34.1 Å². The van der Waals surface area contributed by atoms with Gasteiger partial charge in [-0.05, 0) is 39.0 Å². The van der Waals surface area contributed by atoms with Crippen LogP contribution in [-0.4, -0.2) is 31.1 Å². The first-order valence-corrected chi connectivity index (χ1v) is 7.58. The molecule has 0 amide bonds. The highest BCUT2D eigenvalue weighted by Crippen LogP contribution is 2.39. The summed E-state index contributed by atoms with van der Waals surface area (Å²) in [5.41, 5.74) is 1.30. The fourth-order valence-corrected chi connectivity index (χ4v) is 3.28. The quantitative estimate of drug-likeness (QED) is 0.852. The van der Waals surface area contributed by atoms with Gasteiger partial charge in [0.1, 0.15) is 5.82 Å². The molecule has 1 aromatic rings. The van der Waals surface area contributed by atoms with E-state index in [2.05, 4.69) is 46.9 Å². The van der Waals surface area contributed by atoms with E-state index in [1.807, 2.05) is 12.1 Å². The van der Waals surface area contributed by atoms with Gasteiger partial charge in [0, 0.05) is 32.2 Å². The lowest BCUT2D eigenvalue weighted by molar-refractivity contribution is 0.0861. The third-order valence-electron chi connectivity index (χ3n) is 3.60. The summed E-state index contributed by atoms with van der Waals surface area (Å²) in [6, 6.07) is 5.71. The van der Waals surface area contributed by atoms with Crippen LogP contribution in [-0.2, 0) is 0 Å². The van der Waals surface area contributed by atoms with Crippen molar-refractivity contribution in [2.75, 3.05) is 26.2 Å². The standard InChI is InChI=1S/C15H22BrFN2.ClH/c1-15(2,3)14(19-8-6-18-7-9-19)11-4-5-13(17)12(16)10-11;/h4-5,10,14,18H,6-9H2,1-3H3;1H/t14-;/m0./s1. The van der Waals surface area contributed by atoms with Crippen LogP contribution in [0.25, 0.3) is 0 Å². The average Bonchev–Trinajstić information content (AvgIpc) is 2.34. The Hall–Kier alpha value is -0.160. The van der Waals surface area contributed by atoms with Gasteiger partial charge in [-0.25, -0.2) is 4.39 Å². The molecule has 114 valence electrons. The zero-order valence-electron chi connectivity index (χ0n) is 12.2. The molecule has 0 saturated carbocycles. The molecule has 5 heteroatoms. The average molecular weight is 366 g/mol. The van der Waals surface area contributed by atoms with E-state index in [4.69, 9.17) is 0 Å². The zero-order valence-corrected chi connectivity index (χ0v) is 14.7. The molecule has 0 unspecified atom stereocenters. The second-order valence-electron chi connectivity index (χ2n) is 6.23. The Balaban J connectivity index is 0.00000200. The van der Waals surface area contributed by atoms with Gasteiger partial charge in [-0.2, -0.15) is 0 Å². The summed E-state index contributed by atoms with van der Waals surface area (Å²) >= 11 is 3.30. The number of nitrogens with zero attached hydrogens (tertiary/aromatic N) is 1. The molecule has 1 aromatic carbocycles. The van der Waals surface area contributed by atoms with Crippen LogP contribution in [0, 0.1) is 11.2 Å². The molecule has 0 aliphatic carbocycles. The Morgan fingerprint density at radius 3 is 2.35 bits per heavy atom. The summed E-state index contributed by atoms with van der Waals surface area (Å²) in [6.45, 7) is 10.9. The summed E-state index contributed by atoms with van der Waals surface area (Å²) in [5, 5.41) is 3.38. The summed E-state index contributed by atoms with van der Waals surface area (Å²) in [5.74, 6) is -0.197. The highest BCUT2D eigenvalue weighted by atomic mass is 79.9. The van der Waals surface area contributed by atoms with Gasteiger partial charge in [0.15, 0.2) is 0 Å². The topological polar surface area (TPSA) is 15.3 Å². The number of halogens is 3. The third kappa shape index (κ3) is 4.17. The number of hydrogen-bond donors (Lipinski definition) is 1. The predicted molar refractivity (Wildman–Crippen MR) is 88.0 cm³/mol. The summed E-state index contributed by atoms with van der Waals surface area (Å²) in [7, 11) is 0. The monoisotopic (exact) mass is 364 g/mol. The highest BCUT2D eigenvalue weighted by Gasteiger charge is 2.32. The van der Waals surface area contributed by atoms with E-state index < -0.39 is 0 Å². The van der Waals surface area contributed by atoms with E-state index in [1.54, 1.807) is 6.07 Å². The maximum Gasteiger partial charge on any atom is 0.137 e. The van der Waals surface area contributed by atoms with Crippen LogP contribution >= 0.6 is 28.3 Å². The van der Waals surface area contributed by atoms with E-state index >= 15 is 0 Å². The number of piperazine rings is 1. The highest BCUT2D eigenvalue weighted by molar-refractivity contribution is 9.10. The second kappa shape index (κ2) is 7.21. The van der Waals surface area contributed by atoms with Crippen molar-refractivity contribution in [1.29, 1.82) is 0 Å². The van der Waals surface area contributed by atoms with Gasteiger partial charge in [0.05, 0.1) is 4.47 Å². The van der Waals surface area contributed by atoms with Crippen molar-refractivity contribution < 1.29 is 4.39 Å². The number of hydrogen-bond acceptors (Lipinski definition) is 2. The van der Waals surface area contributed by atoms with Gasteiger partial charge in [-0.15, -0.1) is 12.4 Å². The van der Waals surface area contributed by atoms with Gasteiger partial charge in [0.2, 0.25) is 0 Å². The lowest BCUT2D eigenvalue weighted by Crippen LogP contribution is -2.48. The van der Waals surface area contributed by atoms with Crippen LogP contribution < -0.4 is 5.32 Å². The van der Waals surface area contributed by atoms with Crippen LogP contribution in [0.1, 0.15) is 32.4 Å². The fourth-order valence-electron chi connectivity index (χ4n) is 2.88. The first-order valence-electron chi connectivity index (χ1n) is 6.79. The molecule has 0 aromatic heterocycles. The van der Waals surface area contributed by atoms with Gasteiger partial charge in [-0.1, -0.05) is 26.8 Å². The van der Waals surface area contributed by atoms with E-state index in [-0.39, 0.29) is 23.6 Å². The van der Waals surface area contributed by atoms with Crippen molar-refractivity contribution in [1.82, 2.24) is 10.2 Å². The Bertz CT molecular complexity index is 442. The molecule has 1 aliphatic heterocycles. The number of benzene rings is 1. The molecule has 1 saturated heterocycles. The van der Waals surface area contributed by atoms with Crippen molar-refractivity contribution >= 4 is 28.3 Å². The smallest absolute Gasteiger partial charge is 0.137 e. The van der Waals surface area contributed by atoms with Crippen LogP contribution in [0.15, 0.2) is 22.7 Å². The van der Waals surface area contributed by atoms with Crippen molar-refractivity contribution in [3.8, 4) is 0 Å². The second-order valence-corrected chi connectivity index (χ2v) is 7.08. The van der Waals surface area contributed by atoms with Gasteiger partial charge in [-0.3, -0.25) is 4.90 Å². The molecule has 1 N–H and O–H groups in total. The van der Waals surface area contributed by atoms with Crippen molar-refractivity contribution in [2.24, 2.45) is 5.41 Å². The molecule has 2 rings (SSSR count). The Morgan fingerprint density at radius 1 is 1.25 bits per heavy atom. The van der Waals surface area contributed by atoms with Crippen LogP contribution in [0.3, 0.4) is 0 Å². The summed E-state index contributed by atoms with van der Waals surface area (Å²) < 4.78 is 14.0. The maximum absolute atomic E-state index is 13.4. The number of nitrogens with one attached hydrogen (secondary N) is 1. The minimum Gasteiger partial charge on any atom is -0.314 e. The van der Waals surface area contributed by atoms with Crippen LogP contribution in [0.4, 0.5) is 4.39 Å². The molecule has 1 atom stereocenters. The Morgan fingerprint density at radius 2 is 1.85 bits per heavy atom. The Kier molecular flexibility index (Phi) is 6.45. The fraction of sp³-hybridized carbons (Fsp3) is 0.600. The summed E-state index contributed by atoms with van der Waals surface area (Å²) in [4.78, 5) is 2.50. The molecule has 1 heterocycles. The van der Waals surface area contributed by atoms with E-state index in [0.29, 0.717) is 10.5 Å². The molecule has 0 spiro atoms. The van der Waals surface area contributed by atoms with Crippen molar-refractivity contribution in [3.63, 3.8) is 0 Å². The molecule has 0 bridgehead atoms. The SMILES string of the molecule is CC(C)(C)[C@H](c1ccc(F)c(Br)c1)N1CCNCC1.Cl. The maximum atomic E-state index is 13.4. The van der Waals surface area contributed by atoms with Crippen LogP contribution in [0.2, 0.25) is 0 Å². The van der Waals surface area contributed by atoms with Crippen LogP contribution in [0.5, 0.6) is 0 Å². The van der Waals surface area contributed by atoms with Gasteiger partial charge in [0.25, 0.3) is 0 Å². The first-order chi connectivity index (χ1) is 8.89. The zero-order chi connectivity index (χ0) is 14.0. The molecule has 2 nitrogen and oxygen atoms in total. The Labute approximate surface area is 135 Å². The molecular weight excluding hydrogens is 343 g/mol. The lowest BCUT2D eigenvalue weighted by atomic mass is 9.81. The normalized spacial score (nSPS) is 18.4. The van der Waals surface area contributed by atoms with E-state index in [1.165, 1.54) is 5.56 Å². The minimum atomic E-state index is -0.197. The summed E-state index contributed by atoms with van der Waals surface area (Å²) in [6.07, 6.45) is 0. The minimum absolute atomic E-state index is 0. The van der Waals surface area contributed by atoms with Gasteiger partial charge < -0.3 is 5.32 Å². The largest absolute Gasteiger partial charge is 0.314 e. The molecule has 0 radical (unpaired) electrons. The van der Waals surface area contributed by atoms with E-state index in [9.17, 15) is 4.39 Å². The molecule has 20 heavy (non-hydrogen) atoms. The third-order valence-corrected chi connectivity index (χ3v) is 4.20. The van der Waals surface area contributed by atoms with E-state index in [0.717, 1.165) is 26.2 Å². The molecule has 1 fully saturated rings. The number of rotatable bonds is 2. The lowest BCUT2D eigenvalue weighted by Gasteiger charge is -2.42. The van der Waals surface area contributed by atoms with Gasteiger partial charge >= 0.3 is 0 Å². The predicted octanol–water partition coefficient (Wildman–Crippen LogP) is 4.00. The molecule has 1 aliphatic rings. The molecular formula is C15H23BrClFN2. The van der Waals surface area contributed by atoms with Crippen molar-refractivity contribution in [2.45, 2.75) is 26.8 Å². The first kappa shape index (κ1) is 17.9.